The van der Waals surface area contributed by atoms with Crippen LogP contribution in [0.2, 0.25) is 0 Å². The maximum Gasteiger partial charge on any atom is 0.264 e. The number of carbonyl (C=O) groups excluding carboxylic acids is 1. The Bertz CT molecular complexity index is 791. The Morgan fingerprint density at radius 2 is 2.30 bits per heavy atom. The van der Waals surface area contributed by atoms with Gasteiger partial charge in [-0.3, -0.25) is 9.59 Å². The highest BCUT2D eigenvalue weighted by Gasteiger charge is 2.26. The summed E-state index contributed by atoms with van der Waals surface area (Å²) < 4.78 is 0. The van der Waals surface area contributed by atoms with Crippen molar-refractivity contribution >= 4 is 17.2 Å². The van der Waals surface area contributed by atoms with Crippen LogP contribution in [0.15, 0.2) is 23.3 Å². The summed E-state index contributed by atoms with van der Waals surface area (Å²) in [7, 11) is 0. The molecular formula is C16H18N4O2S. The summed E-state index contributed by atoms with van der Waals surface area (Å²) in [6, 6.07) is 4.37. The number of thiophene rings is 1. The maximum absolute atomic E-state index is 12.7. The fraction of sp³-hybridized carbons (Fsp3) is 0.438. The third-order valence-electron chi connectivity index (χ3n) is 4.54. The van der Waals surface area contributed by atoms with Crippen molar-refractivity contribution in [2.45, 2.75) is 31.8 Å². The lowest BCUT2D eigenvalue weighted by molar-refractivity contribution is 0.0736. The number of nitrogens with one attached hydrogen (secondary N) is 2. The van der Waals surface area contributed by atoms with Crippen LogP contribution >= 0.6 is 11.3 Å². The summed E-state index contributed by atoms with van der Waals surface area (Å²) in [5.41, 5.74) is 1.33. The Balaban J connectivity index is 1.52. The van der Waals surface area contributed by atoms with E-state index >= 15 is 0 Å². The van der Waals surface area contributed by atoms with Gasteiger partial charge in [0.05, 0.1) is 23.4 Å². The number of fused-ring (bicyclic) bond motifs is 1. The Morgan fingerprint density at radius 1 is 1.39 bits per heavy atom. The van der Waals surface area contributed by atoms with Crippen LogP contribution in [0.4, 0.5) is 0 Å². The Morgan fingerprint density at radius 3 is 3.13 bits per heavy atom. The molecule has 7 heteroatoms. The van der Waals surface area contributed by atoms with Crippen LogP contribution in [0.3, 0.4) is 0 Å². The molecule has 0 bridgehead atoms. The number of nitrogens with zero attached hydrogens (tertiary/aromatic N) is 2. The highest BCUT2D eigenvalue weighted by molar-refractivity contribution is 7.14. The molecular weight excluding hydrogens is 312 g/mol. The zero-order valence-electron chi connectivity index (χ0n) is 12.7. The van der Waals surface area contributed by atoms with Gasteiger partial charge in [0.15, 0.2) is 0 Å². The molecule has 0 aromatic carbocycles. The second kappa shape index (κ2) is 5.90. The second-order valence-electron chi connectivity index (χ2n) is 5.98. The fourth-order valence-corrected chi connectivity index (χ4v) is 4.36. The monoisotopic (exact) mass is 330 g/mol. The quantitative estimate of drug-likeness (QED) is 0.874. The standard InChI is InChI=1S/C16H18N4O2S/c21-15-10-5-7-20(8-12(10)18-9-19-15)16(22)14-4-3-13(23-14)11-2-1-6-17-11/h3-4,9,11,17H,1-2,5-8H2,(H,18,19,21)/t11-/m0/s1. The van der Waals surface area contributed by atoms with Crippen LogP contribution in [0, 0.1) is 0 Å². The minimum absolute atomic E-state index is 0.0342. The molecule has 2 aromatic rings. The van der Waals surface area contributed by atoms with Crippen LogP contribution in [-0.2, 0) is 13.0 Å². The smallest absolute Gasteiger partial charge is 0.264 e. The van der Waals surface area contributed by atoms with Gasteiger partial charge in [-0.1, -0.05) is 0 Å². The van der Waals surface area contributed by atoms with E-state index in [1.807, 2.05) is 6.07 Å². The first-order chi connectivity index (χ1) is 11.2. The van der Waals surface area contributed by atoms with Gasteiger partial charge in [0.1, 0.15) is 0 Å². The number of aromatic nitrogens is 2. The molecule has 4 heterocycles. The summed E-state index contributed by atoms with van der Waals surface area (Å²) >= 11 is 1.57. The molecule has 0 aliphatic carbocycles. The average Bonchev–Trinajstić information content (AvgIpc) is 3.25. The van der Waals surface area contributed by atoms with Gasteiger partial charge >= 0.3 is 0 Å². The van der Waals surface area contributed by atoms with Crippen molar-refractivity contribution in [3.8, 4) is 0 Å². The third kappa shape index (κ3) is 2.70. The molecule has 2 N–H and O–H groups in total. The summed E-state index contributed by atoms with van der Waals surface area (Å²) in [4.78, 5) is 35.1. The lowest BCUT2D eigenvalue weighted by Crippen LogP contribution is -2.38. The van der Waals surface area contributed by atoms with Crippen molar-refractivity contribution in [2.24, 2.45) is 0 Å². The first-order valence-electron chi connectivity index (χ1n) is 7.90. The molecule has 2 aromatic heterocycles. The summed E-state index contributed by atoms with van der Waals surface area (Å²) in [5, 5.41) is 3.46. The highest BCUT2D eigenvalue weighted by Crippen LogP contribution is 2.30. The second-order valence-corrected chi connectivity index (χ2v) is 7.10. The molecule has 0 spiro atoms. The minimum atomic E-state index is -0.0900. The lowest BCUT2D eigenvalue weighted by Gasteiger charge is -2.27. The topological polar surface area (TPSA) is 78.1 Å². The molecule has 6 nitrogen and oxygen atoms in total. The summed E-state index contributed by atoms with van der Waals surface area (Å²) in [5.74, 6) is 0.0342. The number of carbonyl (C=O) groups is 1. The van der Waals surface area contributed by atoms with E-state index in [0.717, 1.165) is 17.8 Å². The Hall–Kier alpha value is -1.99. The van der Waals surface area contributed by atoms with Crippen LogP contribution in [0.25, 0.3) is 0 Å². The Kier molecular flexibility index (Phi) is 3.74. The van der Waals surface area contributed by atoms with E-state index in [2.05, 4.69) is 21.4 Å². The van der Waals surface area contributed by atoms with Crippen molar-refractivity contribution in [3.63, 3.8) is 0 Å². The normalized spacial score (nSPS) is 20.5. The van der Waals surface area contributed by atoms with Gasteiger partial charge in [0, 0.05) is 23.0 Å². The molecule has 1 atom stereocenters. The molecule has 23 heavy (non-hydrogen) atoms. The zero-order chi connectivity index (χ0) is 15.8. The number of hydrogen-bond acceptors (Lipinski definition) is 5. The molecule has 2 aliphatic rings. The molecule has 0 saturated carbocycles. The third-order valence-corrected chi connectivity index (χ3v) is 5.73. The van der Waals surface area contributed by atoms with Crippen molar-refractivity contribution in [2.75, 3.05) is 13.1 Å². The molecule has 2 aliphatic heterocycles. The van der Waals surface area contributed by atoms with Crippen LogP contribution in [-0.4, -0.2) is 33.9 Å². The van der Waals surface area contributed by atoms with E-state index in [1.165, 1.54) is 17.6 Å². The van der Waals surface area contributed by atoms with E-state index in [0.29, 0.717) is 36.8 Å². The molecule has 1 fully saturated rings. The molecule has 0 unspecified atom stereocenters. The molecule has 1 amide bonds. The first kappa shape index (κ1) is 14.6. The van der Waals surface area contributed by atoms with Crippen LogP contribution in [0.5, 0.6) is 0 Å². The number of H-pyrrole nitrogens is 1. The van der Waals surface area contributed by atoms with E-state index < -0.39 is 0 Å². The number of rotatable bonds is 2. The average molecular weight is 330 g/mol. The van der Waals surface area contributed by atoms with Gasteiger partial charge in [0.2, 0.25) is 0 Å². The minimum Gasteiger partial charge on any atom is -0.332 e. The van der Waals surface area contributed by atoms with Gasteiger partial charge in [-0.25, -0.2) is 4.98 Å². The predicted octanol–water partition coefficient (Wildman–Crippen LogP) is 1.45. The molecule has 4 rings (SSSR count). The van der Waals surface area contributed by atoms with E-state index in [1.54, 1.807) is 16.2 Å². The number of amides is 1. The molecule has 1 saturated heterocycles. The maximum atomic E-state index is 12.7. The number of aromatic amines is 1. The van der Waals surface area contributed by atoms with E-state index in [4.69, 9.17) is 0 Å². The van der Waals surface area contributed by atoms with Gasteiger partial charge in [0.25, 0.3) is 11.5 Å². The number of hydrogen-bond donors (Lipinski definition) is 2. The van der Waals surface area contributed by atoms with Gasteiger partial charge in [-0.05, 0) is 37.9 Å². The van der Waals surface area contributed by atoms with Gasteiger partial charge in [-0.15, -0.1) is 11.3 Å². The van der Waals surface area contributed by atoms with E-state index in [-0.39, 0.29) is 11.5 Å². The van der Waals surface area contributed by atoms with Crippen LogP contribution < -0.4 is 10.9 Å². The van der Waals surface area contributed by atoms with Crippen molar-refractivity contribution in [3.05, 3.63) is 49.8 Å². The SMILES string of the molecule is O=C(c1ccc([C@@H]2CCCN2)s1)N1CCc2c(nc[nH]c2=O)C1. The first-order valence-corrected chi connectivity index (χ1v) is 8.72. The summed E-state index contributed by atoms with van der Waals surface area (Å²) in [6.07, 6.45) is 4.30. The fourth-order valence-electron chi connectivity index (χ4n) is 3.28. The molecule has 120 valence electrons. The molecule has 0 radical (unpaired) electrons. The van der Waals surface area contributed by atoms with Crippen molar-refractivity contribution in [1.29, 1.82) is 0 Å². The van der Waals surface area contributed by atoms with Crippen molar-refractivity contribution in [1.82, 2.24) is 20.2 Å². The lowest BCUT2D eigenvalue weighted by atomic mass is 10.1. The van der Waals surface area contributed by atoms with E-state index in [9.17, 15) is 9.59 Å². The Labute approximate surface area is 137 Å². The highest BCUT2D eigenvalue weighted by atomic mass is 32.1. The van der Waals surface area contributed by atoms with Crippen molar-refractivity contribution < 1.29 is 4.79 Å². The van der Waals surface area contributed by atoms with Gasteiger partial charge < -0.3 is 15.2 Å². The predicted molar refractivity (Wildman–Crippen MR) is 87.6 cm³/mol. The van der Waals surface area contributed by atoms with Gasteiger partial charge in [-0.2, -0.15) is 0 Å². The largest absolute Gasteiger partial charge is 0.332 e. The van der Waals surface area contributed by atoms with Crippen LogP contribution in [0.1, 0.15) is 44.7 Å². The summed E-state index contributed by atoms with van der Waals surface area (Å²) in [6.45, 7) is 2.03. The zero-order valence-corrected chi connectivity index (χ0v) is 13.5.